The Kier molecular flexibility index (Phi) is 5.16. The highest BCUT2D eigenvalue weighted by Gasteiger charge is 2.33. The van der Waals surface area contributed by atoms with Crippen LogP contribution < -0.4 is 0 Å². The number of aromatic nitrogens is 1. The Morgan fingerprint density at radius 3 is 2.85 bits per heavy atom. The third-order valence-corrected chi connectivity index (χ3v) is 7.43. The molecule has 27 heavy (non-hydrogen) atoms. The van der Waals surface area contributed by atoms with Crippen molar-refractivity contribution in [3.63, 3.8) is 0 Å². The third-order valence-electron chi connectivity index (χ3n) is 4.17. The summed E-state index contributed by atoms with van der Waals surface area (Å²) in [4.78, 5) is 26.2. The largest absolute Gasteiger partial charge is 0.285 e. The molecule has 1 atom stereocenters. The Labute approximate surface area is 171 Å². The van der Waals surface area contributed by atoms with Crippen LogP contribution in [0.25, 0.3) is 9.88 Å². The van der Waals surface area contributed by atoms with Crippen molar-refractivity contribution in [3.05, 3.63) is 57.9 Å². The number of rotatable bonds is 3. The number of aliphatic imine (C=N–C) groups is 1. The molecule has 0 bridgehead atoms. The van der Waals surface area contributed by atoms with E-state index in [0.717, 1.165) is 32.0 Å². The SMILES string of the molecule is Cc1cccc(N=C2SC(C)CN2C(=O)c2sc(-c3cccs3)nc2C)c1. The first kappa shape index (κ1) is 18.4. The average Bonchev–Trinajstić information content (AvgIpc) is 3.34. The van der Waals surface area contributed by atoms with Crippen LogP contribution in [0.4, 0.5) is 5.69 Å². The second-order valence-electron chi connectivity index (χ2n) is 6.49. The van der Waals surface area contributed by atoms with Gasteiger partial charge in [0.2, 0.25) is 0 Å². The molecule has 1 saturated heterocycles. The molecule has 4 rings (SSSR count). The van der Waals surface area contributed by atoms with Crippen molar-refractivity contribution in [2.75, 3.05) is 6.54 Å². The molecule has 3 aromatic rings. The van der Waals surface area contributed by atoms with Crippen molar-refractivity contribution in [2.45, 2.75) is 26.0 Å². The van der Waals surface area contributed by atoms with Crippen LogP contribution in [0.2, 0.25) is 0 Å². The number of thiophene rings is 1. The summed E-state index contributed by atoms with van der Waals surface area (Å²) in [6.07, 6.45) is 0. The fourth-order valence-electron chi connectivity index (χ4n) is 2.90. The predicted octanol–water partition coefficient (Wildman–Crippen LogP) is 5.75. The van der Waals surface area contributed by atoms with Gasteiger partial charge in [0, 0.05) is 11.8 Å². The molecule has 0 radical (unpaired) electrons. The first-order chi connectivity index (χ1) is 13.0. The fourth-order valence-corrected chi connectivity index (χ4v) is 5.74. The van der Waals surface area contributed by atoms with E-state index in [1.165, 1.54) is 11.3 Å². The molecular formula is C20H19N3OS3. The average molecular weight is 414 g/mol. The van der Waals surface area contributed by atoms with Gasteiger partial charge in [-0.3, -0.25) is 9.69 Å². The number of hydrogen-bond acceptors (Lipinski definition) is 6. The van der Waals surface area contributed by atoms with E-state index in [0.29, 0.717) is 16.7 Å². The Hall–Kier alpha value is -1.96. The summed E-state index contributed by atoms with van der Waals surface area (Å²) in [6, 6.07) is 12.1. The first-order valence-electron chi connectivity index (χ1n) is 8.66. The summed E-state index contributed by atoms with van der Waals surface area (Å²) in [5.74, 6) is -0.00365. The van der Waals surface area contributed by atoms with E-state index < -0.39 is 0 Å². The van der Waals surface area contributed by atoms with Crippen molar-refractivity contribution in [3.8, 4) is 9.88 Å². The number of benzene rings is 1. The number of thioether (sulfide) groups is 1. The zero-order valence-corrected chi connectivity index (χ0v) is 17.8. The zero-order chi connectivity index (χ0) is 19.0. The number of hydrogen-bond donors (Lipinski definition) is 0. The molecule has 1 unspecified atom stereocenters. The number of nitrogens with zero attached hydrogens (tertiary/aromatic N) is 3. The maximum atomic E-state index is 13.3. The minimum absolute atomic E-state index is 0.00365. The maximum Gasteiger partial charge on any atom is 0.271 e. The van der Waals surface area contributed by atoms with Crippen molar-refractivity contribution in [2.24, 2.45) is 4.99 Å². The van der Waals surface area contributed by atoms with E-state index >= 15 is 0 Å². The molecule has 138 valence electrons. The molecule has 0 aliphatic carbocycles. The van der Waals surface area contributed by atoms with Gasteiger partial charge >= 0.3 is 0 Å². The normalized spacial score (nSPS) is 18.4. The van der Waals surface area contributed by atoms with Crippen molar-refractivity contribution in [1.82, 2.24) is 9.88 Å². The molecule has 1 aromatic carbocycles. The molecule has 1 aliphatic heterocycles. The maximum absolute atomic E-state index is 13.3. The van der Waals surface area contributed by atoms with Crippen LogP contribution in [-0.4, -0.2) is 32.8 Å². The molecular weight excluding hydrogens is 394 g/mol. The standard InChI is InChI=1S/C20H19N3OS3/c1-12-6-4-7-15(10-12)22-20-23(11-13(2)26-20)19(24)17-14(3)21-18(27-17)16-8-5-9-25-16/h4-10,13H,11H2,1-3H3. The summed E-state index contributed by atoms with van der Waals surface area (Å²) < 4.78 is 0. The molecule has 3 heterocycles. The van der Waals surface area contributed by atoms with Crippen LogP contribution in [0.3, 0.4) is 0 Å². The van der Waals surface area contributed by atoms with Crippen LogP contribution in [0.15, 0.2) is 46.8 Å². The van der Waals surface area contributed by atoms with Gasteiger partial charge < -0.3 is 0 Å². The number of aryl methyl sites for hydroxylation is 2. The van der Waals surface area contributed by atoms with Crippen molar-refractivity contribution in [1.29, 1.82) is 0 Å². The lowest BCUT2D eigenvalue weighted by molar-refractivity contribution is 0.0859. The van der Waals surface area contributed by atoms with E-state index in [4.69, 9.17) is 4.99 Å². The lowest BCUT2D eigenvalue weighted by Crippen LogP contribution is -2.32. The van der Waals surface area contributed by atoms with Gasteiger partial charge in [0.25, 0.3) is 5.91 Å². The second kappa shape index (κ2) is 7.58. The quantitative estimate of drug-likeness (QED) is 0.549. The van der Waals surface area contributed by atoms with E-state index in [9.17, 15) is 4.79 Å². The topological polar surface area (TPSA) is 45.6 Å². The summed E-state index contributed by atoms with van der Waals surface area (Å²) in [5, 5.41) is 4.02. The highest BCUT2D eigenvalue weighted by molar-refractivity contribution is 8.14. The Bertz CT molecular complexity index is 1010. The predicted molar refractivity (Wildman–Crippen MR) is 117 cm³/mol. The summed E-state index contributed by atoms with van der Waals surface area (Å²) in [5.41, 5.74) is 2.82. The van der Waals surface area contributed by atoms with Gasteiger partial charge in [-0.1, -0.05) is 36.9 Å². The fraction of sp³-hybridized carbons (Fsp3) is 0.250. The molecule has 4 nitrogen and oxygen atoms in total. The molecule has 1 fully saturated rings. The van der Waals surface area contributed by atoms with E-state index in [1.54, 1.807) is 28.0 Å². The number of amidine groups is 1. The number of carbonyl (C=O) groups excluding carboxylic acids is 1. The number of thiazole rings is 1. The van der Waals surface area contributed by atoms with E-state index in [2.05, 4.69) is 11.9 Å². The smallest absolute Gasteiger partial charge is 0.271 e. The van der Waals surface area contributed by atoms with Gasteiger partial charge in [-0.05, 0) is 43.0 Å². The van der Waals surface area contributed by atoms with Gasteiger partial charge in [0.1, 0.15) is 9.88 Å². The molecule has 0 saturated carbocycles. The van der Waals surface area contributed by atoms with Gasteiger partial charge in [-0.15, -0.1) is 22.7 Å². The van der Waals surface area contributed by atoms with Crippen LogP contribution in [-0.2, 0) is 0 Å². The summed E-state index contributed by atoms with van der Waals surface area (Å²) >= 11 is 4.76. The highest BCUT2D eigenvalue weighted by atomic mass is 32.2. The minimum Gasteiger partial charge on any atom is -0.285 e. The monoisotopic (exact) mass is 413 g/mol. The van der Waals surface area contributed by atoms with Gasteiger partial charge in [0.15, 0.2) is 5.17 Å². The molecule has 0 N–H and O–H groups in total. The van der Waals surface area contributed by atoms with Gasteiger partial charge in [0.05, 0.1) is 16.3 Å². The van der Waals surface area contributed by atoms with Crippen molar-refractivity contribution < 1.29 is 4.79 Å². The van der Waals surface area contributed by atoms with E-state index in [1.807, 2.05) is 55.6 Å². The molecule has 7 heteroatoms. The third kappa shape index (κ3) is 3.85. The summed E-state index contributed by atoms with van der Waals surface area (Å²) in [7, 11) is 0. The lowest BCUT2D eigenvalue weighted by Gasteiger charge is -2.15. The van der Waals surface area contributed by atoms with Gasteiger partial charge in [-0.2, -0.15) is 0 Å². The second-order valence-corrected chi connectivity index (χ2v) is 9.84. The number of amides is 1. The van der Waals surface area contributed by atoms with Crippen LogP contribution in [0, 0.1) is 13.8 Å². The highest BCUT2D eigenvalue weighted by Crippen LogP contribution is 2.34. The molecule has 2 aromatic heterocycles. The zero-order valence-electron chi connectivity index (χ0n) is 15.3. The Morgan fingerprint density at radius 1 is 1.26 bits per heavy atom. The number of carbonyl (C=O) groups is 1. The van der Waals surface area contributed by atoms with E-state index in [-0.39, 0.29) is 5.91 Å². The lowest BCUT2D eigenvalue weighted by atomic mass is 10.2. The van der Waals surface area contributed by atoms with Crippen LogP contribution in [0.5, 0.6) is 0 Å². The molecule has 1 aliphatic rings. The van der Waals surface area contributed by atoms with Crippen LogP contribution >= 0.6 is 34.4 Å². The Balaban J connectivity index is 1.66. The molecule has 0 spiro atoms. The van der Waals surface area contributed by atoms with Gasteiger partial charge in [-0.25, -0.2) is 9.98 Å². The minimum atomic E-state index is -0.00365. The Morgan fingerprint density at radius 2 is 2.11 bits per heavy atom. The van der Waals surface area contributed by atoms with Crippen LogP contribution in [0.1, 0.15) is 27.9 Å². The molecule has 1 amide bonds. The first-order valence-corrected chi connectivity index (χ1v) is 11.2. The summed E-state index contributed by atoms with van der Waals surface area (Å²) in [6.45, 7) is 6.74. The van der Waals surface area contributed by atoms with Crippen molar-refractivity contribution >= 4 is 51.2 Å².